The second kappa shape index (κ2) is 9.58. The first kappa shape index (κ1) is 21.5. The van der Waals surface area contributed by atoms with Crippen molar-refractivity contribution in [1.29, 1.82) is 0 Å². The Morgan fingerprint density at radius 2 is 1.84 bits per heavy atom. The fourth-order valence-corrected chi connectivity index (χ4v) is 4.23. The van der Waals surface area contributed by atoms with Crippen LogP contribution in [0.1, 0.15) is 30.5 Å². The number of methoxy groups -OCH3 is 1. The van der Waals surface area contributed by atoms with Crippen LogP contribution in [0.5, 0.6) is 5.75 Å². The predicted molar refractivity (Wildman–Crippen MR) is 119 cm³/mol. The van der Waals surface area contributed by atoms with Crippen LogP contribution < -0.4 is 4.74 Å². The van der Waals surface area contributed by atoms with Crippen LogP contribution in [0.4, 0.5) is 4.39 Å². The molecule has 0 bridgehead atoms. The molecule has 0 aliphatic carbocycles. The second-order valence-corrected chi connectivity index (χ2v) is 7.97. The van der Waals surface area contributed by atoms with E-state index in [0.29, 0.717) is 12.0 Å². The average molecular weight is 425 g/mol. The van der Waals surface area contributed by atoms with E-state index in [2.05, 4.69) is 21.8 Å². The minimum absolute atomic E-state index is 0.101. The molecule has 1 atom stereocenters. The number of ether oxygens (including phenoxy) is 1. The van der Waals surface area contributed by atoms with Gasteiger partial charge in [-0.3, -0.25) is 9.69 Å². The van der Waals surface area contributed by atoms with Gasteiger partial charge in [0.05, 0.1) is 25.4 Å². The number of hydrogen-bond acceptors (Lipinski definition) is 5. The van der Waals surface area contributed by atoms with Gasteiger partial charge in [0.2, 0.25) is 0 Å². The third-order valence-electron chi connectivity index (χ3n) is 6.10. The summed E-state index contributed by atoms with van der Waals surface area (Å²) in [5, 5.41) is 6.16. The summed E-state index contributed by atoms with van der Waals surface area (Å²) in [5.74, 6) is 0.307. The van der Waals surface area contributed by atoms with Gasteiger partial charge in [0.1, 0.15) is 11.6 Å². The predicted octanol–water partition coefficient (Wildman–Crippen LogP) is 3.15. The summed E-state index contributed by atoms with van der Waals surface area (Å²) < 4.78 is 20.0. The lowest BCUT2D eigenvalue weighted by Crippen LogP contribution is -2.49. The van der Waals surface area contributed by atoms with E-state index in [4.69, 9.17) is 4.74 Å². The largest absolute Gasteiger partial charge is 0.497 e. The van der Waals surface area contributed by atoms with Crippen LogP contribution in [0.2, 0.25) is 0 Å². The molecule has 2 aliphatic rings. The van der Waals surface area contributed by atoms with Gasteiger partial charge in [-0.25, -0.2) is 9.40 Å². The van der Waals surface area contributed by atoms with E-state index in [1.165, 1.54) is 11.1 Å². The van der Waals surface area contributed by atoms with Gasteiger partial charge in [0.15, 0.2) is 0 Å². The smallest absolute Gasteiger partial charge is 0.257 e. The van der Waals surface area contributed by atoms with Gasteiger partial charge in [-0.15, -0.1) is 0 Å². The van der Waals surface area contributed by atoms with Crippen LogP contribution in [0, 0.1) is 5.82 Å². The molecular weight excluding hydrogens is 395 g/mol. The Morgan fingerprint density at radius 1 is 1.10 bits per heavy atom. The van der Waals surface area contributed by atoms with Gasteiger partial charge in [-0.05, 0) is 24.7 Å². The molecule has 164 valence electrons. The highest BCUT2D eigenvalue weighted by Crippen LogP contribution is 2.34. The Kier molecular flexibility index (Phi) is 6.63. The van der Waals surface area contributed by atoms with Crippen molar-refractivity contribution in [2.24, 2.45) is 5.10 Å². The van der Waals surface area contributed by atoms with Crippen molar-refractivity contribution in [3.63, 3.8) is 0 Å². The number of benzene rings is 2. The molecule has 4 rings (SSSR count). The molecule has 2 aromatic carbocycles. The number of hydrogen-bond donors (Lipinski definition) is 0. The highest BCUT2D eigenvalue weighted by Gasteiger charge is 2.35. The number of piperazine rings is 1. The van der Waals surface area contributed by atoms with E-state index in [9.17, 15) is 9.18 Å². The molecule has 1 unspecified atom stereocenters. The van der Waals surface area contributed by atoms with Crippen molar-refractivity contribution in [3.8, 4) is 5.75 Å². The quantitative estimate of drug-likeness (QED) is 0.715. The molecule has 0 radical (unpaired) electrons. The maximum atomic E-state index is 14.6. The van der Waals surface area contributed by atoms with Gasteiger partial charge in [-0.2, -0.15) is 5.10 Å². The Bertz CT molecular complexity index is 956. The van der Waals surface area contributed by atoms with E-state index in [-0.39, 0.29) is 18.3 Å². The molecule has 2 heterocycles. The van der Waals surface area contributed by atoms with E-state index in [0.717, 1.165) is 49.7 Å². The van der Waals surface area contributed by atoms with Crippen LogP contribution in [0.15, 0.2) is 53.6 Å². The zero-order valence-electron chi connectivity index (χ0n) is 18.1. The number of likely N-dealkylation sites (N-methyl/N-ethyl adjacent to an activating group) is 1. The van der Waals surface area contributed by atoms with E-state index in [1.54, 1.807) is 25.3 Å². The zero-order valence-corrected chi connectivity index (χ0v) is 18.1. The third kappa shape index (κ3) is 4.78. The fourth-order valence-electron chi connectivity index (χ4n) is 4.23. The molecule has 1 amide bonds. The molecule has 0 spiro atoms. The van der Waals surface area contributed by atoms with E-state index in [1.807, 2.05) is 24.3 Å². The van der Waals surface area contributed by atoms with Gasteiger partial charge < -0.3 is 9.64 Å². The number of carbonyl (C=O) groups is 1. The Morgan fingerprint density at radius 3 is 2.55 bits per heavy atom. The Balaban J connectivity index is 1.58. The lowest BCUT2D eigenvalue weighted by molar-refractivity contribution is -0.134. The Hall–Kier alpha value is -2.77. The van der Waals surface area contributed by atoms with Crippen LogP contribution >= 0.6 is 0 Å². The minimum atomic E-state index is -0.452. The third-order valence-corrected chi connectivity index (χ3v) is 6.10. The first-order valence-electron chi connectivity index (χ1n) is 10.8. The number of hydrazone groups is 1. The van der Waals surface area contributed by atoms with Crippen LogP contribution in [-0.4, -0.2) is 72.8 Å². The number of halogens is 1. The second-order valence-electron chi connectivity index (χ2n) is 7.97. The summed E-state index contributed by atoms with van der Waals surface area (Å²) >= 11 is 0. The molecule has 31 heavy (non-hydrogen) atoms. The maximum absolute atomic E-state index is 14.6. The highest BCUT2D eigenvalue weighted by atomic mass is 19.1. The molecule has 2 aromatic rings. The first-order valence-corrected chi connectivity index (χ1v) is 10.8. The van der Waals surface area contributed by atoms with Crippen molar-refractivity contribution in [2.75, 3.05) is 46.4 Å². The maximum Gasteiger partial charge on any atom is 0.257 e. The zero-order chi connectivity index (χ0) is 21.8. The summed E-state index contributed by atoms with van der Waals surface area (Å²) in [7, 11) is 1.62. The lowest BCUT2D eigenvalue weighted by atomic mass is 9.98. The van der Waals surface area contributed by atoms with Crippen molar-refractivity contribution < 1.29 is 13.9 Å². The molecule has 0 saturated carbocycles. The topological polar surface area (TPSA) is 48.4 Å². The van der Waals surface area contributed by atoms with Crippen molar-refractivity contribution in [1.82, 2.24) is 14.8 Å². The lowest BCUT2D eigenvalue weighted by Gasteiger charge is -2.34. The van der Waals surface area contributed by atoms with Crippen LogP contribution in [0.25, 0.3) is 0 Å². The van der Waals surface area contributed by atoms with E-state index < -0.39 is 6.04 Å². The molecule has 1 fully saturated rings. The van der Waals surface area contributed by atoms with Crippen molar-refractivity contribution in [3.05, 3.63) is 65.5 Å². The standard InChI is InChI=1S/C24H29FN4O2/c1-3-27-11-13-28(14-12-27)17-24(30)29-23(20-9-4-5-10-21(20)25)16-22(26-29)18-7-6-8-19(15-18)31-2/h4-10,15,23H,3,11-14,16-17H2,1-2H3. The monoisotopic (exact) mass is 424 g/mol. The van der Waals surface area contributed by atoms with Gasteiger partial charge >= 0.3 is 0 Å². The molecule has 0 aromatic heterocycles. The highest BCUT2D eigenvalue weighted by molar-refractivity contribution is 6.03. The van der Waals surface area contributed by atoms with Crippen LogP contribution in [-0.2, 0) is 4.79 Å². The SMILES string of the molecule is CCN1CCN(CC(=O)N2N=C(c3cccc(OC)c3)CC2c2ccccc2F)CC1. The Labute approximate surface area is 182 Å². The summed E-state index contributed by atoms with van der Waals surface area (Å²) in [6, 6.07) is 13.8. The van der Waals surface area contributed by atoms with Crippen molar-refractivity contribution in [2.45, 2.75) is 19.4 Å². The fraction of sp³-hybridized carbons (Fsp3) is 0.417. The molecule has 1 saturated heterocycles. The van der Waals surface area contributed by atoms with Gasteiger partial charge in [0.25, 0.3) is 5.91 Å². The molecule has 2 aliphatic heterocycles. The first-order chi connectivity index (χ1) is 15.1. The summed E-state index contributed by atoms with van der Waals surface area (Å²) in [6.45, 7) is 7.08. The summed E-state index contributed by atoms with van der Waals surface area (Å²) in [4.78, 5) is 17.8. The molecule has 6 nitrogen and oxygen atoms in total. The summed E-state index contributed by atoms with van der Waals surface area (Å²) in [6.07, 6.45) is 0.462. The van der Waals surface area contributed by atoms with E-state index >= 15 is 0 Å². The minimum Gasteiger partial charge on any atom is -0.497 e. The normalized spacial score (nSPS) is 20.0. The van der Waals surface area contributed by atoms with Crippen LogP contribution in [0.3, 0.4) is 0 Å². The van der Waals surface area contributed by atoms with Gasteiger partial charge in [-0.1, -0.05) is 37.3 Å². The van der Waals surface area contributed by atoms with Gasteiger partial charge in [0, 0.05) is 43.7 Å². The number of nitrogens with zero attached hydrogens (tertiary/aromatic N) is 4. The van der Waals surface area contributed by atoms with Crippen molar-refractivity contribution >= 4 is 11.6 Å². The average Bonchev–Trinajstić information content (AvgIpc) is 3.25. The number of rotatable bonds is 6. The molecule has 7 heteroatoms. The number of amides is 1. The number of carbonyl (C=O) groups excluding carboxylic acids is 1. The molecule has 0 N–H and O–H groups in total. The summed E-state index contributed by atoms with van der Waals surface area (Å²) in [5.41, 5.74) is 2.14. The molecular formula is C24H29FN4O2.